The summed E-state index contributed by atoms with van der Waals surface area (Å²) in [5.41, 5.74) is 3.93. The van der Waals surface area contributed by atoms with Crippen LogP contribution in [-0.2, 0) is 6.42 Å². The van der Waals surface area contributed by atoms with Gasteiger partial charge in [0.05, 0.1) is 10.9 Å². The van der Waals surface area contributed by atoms with Crippen LogP contribution in [0.25, 0.3) is 5.69 Å². The molecule has 1 heterocycles. The third-order valence-electron chi connectivity index (χ3n) is 4.08. The van der Waals surface area contributed by atoms with E-state index >= 15 is 0 Å². The second-order valence-electron chi connectivity index (χ2n) is 5.83. The summed E-state index contributed by atoms with van der Waals surface area (Å²) in [6.45, 7) is 5.99. The zero-order valence-electron chi connectivity index (χ0n) is 14.5. The van der Waals surface area contributed by atoms with Crippen LogP contribution >= 0.6 is 11.8 Å². The predicted octanol–water partition coefficient (Wildman–Crippen LogP) is 3.90. The van der Waals surface area contributed by atoms with Crippen molar-refractivity contribution in [3.05, 3.63) is 65.2 Å². The number of hydrogen-bond donors (Lipinski definition) is 0. The maximum absolute atomic E-state index is 12.7. The Morgan fingerprint density at radius 3 is 2.56 bits per heavy atom. The largest absolute Gasteiger partial charge is 0.293 e. The van der Waals surface area contributed by atoms with Crippen LogP contribution in [0, 0.1) is 6.92 Å². The van der Waals surface area contributed by atoms with Crippen LogP contribution in [0.5, 0.6) is 0 Å². The van der Waals surface area contributed by atoms with Crippen LogP contribution in [0.2, 0.25) is 0 Å². The van der Waals surface area contributed by atoms with E-state index in [1.54, 1.807) is 4.68 Å². The summed E-state index contributed by atoms with van der Waals surface area (Å²) < 4.78 is 1.68. The molecule has 3 aromatic rings. The van der Waals surface area contributed by atoms with Gasteiger partial charge in [-0.05, 0) is 47.9 Å². The monoisotopic (exact) mass is 352 g/mol. The van der Waals surface area contributed by atoms with Gasteiger partial charge in [0.15, 0.2) is 5.78 Å². The molecule has 3 rings (SSSR count). The predicted molar refractivity (Wildman–Crippen MR) is 99.4 cm³/mol. The molecule has 2 aromatic carbocycles. The standard InChI is InChI=1S/C19H20N4OS/c1-4-15-9-11-16(12-10-15)18(24)14(3)25-19-20-21-22-23(19)17-8-6-5-7-13(17)2/h5-12,14H,4H2,1-3H3/t14-/m0/s1. The second kappa shape index (κ2) is 7.61. The molecule has 0 saturated heterocycles. The molecule has 0 spiro atoms. The van der Waals surface area contributed by atoms with Crippen LogP contribution in [0.1, 0.15) is 35.3 Å². The SMILES string of the molecule is CCc1ccc(C(=O)[C@H](C)Sc2nnnn2-c2ccccc2C)cc1. The number of carbonyl (C=O) groups excluding carboxylic acids is 1. The van der Waals surface area contributed by atoms with Gasteiger partial charge in [0.1, 0.15) is 0 Å². The number of carbonyl (C=O) groups is 1. The lowest BCUT2D eigenvalue weighted by atomic mass is 10.1. The van der Waals surface area contributed by atoms with Crippen LogP contribution in [0.3, 0.4) is 0 Å². The van der Waals surface area contributed by atoms with Gasteiger partial charge < -0.3 is 0 Å². The molecule has 0 radical (unpaired) electrons. The fourth-order valence-electron chi connectivity index (χ4n) is 2.56. The average molecular weight is 352 g/mol. The number of rotatable bonds is 6. The zero-order valence-corrected chi connectivity index (χ0v) is 15.3. The normalized spacial score (nSPS) is 12.1. The number of nitrogens with zero attached hydrogens (tertiary/aromatic N) is 4. The van der Waals surface area contributed by atoms with Crippen molar-refractivity contribution in [3.63, 3.8) is 0 Å². The molecule has 0 aliphatic carbocycles. The van der Waals surface area contributed by atoms with Gasteiger partial charge in [-0.25, -0.2) is 0 Å². The van der Waals surface area contributed by atoms with Gasteiger partial charge in [0.25, 0.3) is 0 Å². The molecular formula is C19H20N4OS. The minimum atomic E-state index is -0.277. The molecular weight excluding hydrogens is 332 g/mol. The van der Waals surface area contributed by atoms with Crippen molar-refractivity contribution in [2.45, 2.75) is 37.6 Å². The molecule has 128 valence electrons. The molecule has 0 aliphatic heterocycles. The Morgan fingerprint density at radius 1 is 1.16 bits per heavy atom. The number of aromatic nitrogens is 4. The van der Waals surface area contributed by atoms with Crippen molar-refractivity contribution < 1.29 is 4.79 Å². The Kier molecular flexibility index (Phi) is 5.28. The number of aryl methyl sites for hydroxylation is 2. The summed E-state index contributed by atoms with van der Waals surface area (Å²) >= 11 is 1.37. The van der Waals surface area contributed by atoms with E-state index < -0.39 is 0 Å². The summed E-state index contributed by atoms with van der Waals surface area (Å²) in [6, 6.07) is 15.7. The number of hydrogen-bond acceptors (Lipinski definition) is 5. The van der Waals surface area contributed by atoms with Gasteiger partial charge in [-0.3, -0.25) is 4.79 Å². The fraction of sp³-hybridized carbons (Fsp3) is 0.263. The van der Waals surface area contributed by atoms with Crippen molar-refractivity contribution in [1.29, 1.82) is 0 Å². The van der Waals surface area contributed by atoms with E-state index in [0.717, 1.165) is 17.7 Å². The summed E-state index contributed by atoms with van der Waals surface area (Å²) in [6.07, 6.45) is 0.962. The molecule has 6 heteroatoms. The van der Waals surface area contributed by atoms with Crippen molar-refractivity contribution in [1.82, 2.24) is 20.2 Å². The first kappa shape index (κ1) is 17.4. The number of tetrazole rings is 1. The Balaban J connectivity index is 1.79. The summed E-state index contributed by atoms with van der Waals surface area (Å²) in [7, 11) is 0. The molecule has 5 nitrogen and oxygen atoms in total. The van der Waals surface area contributed by atoms with E-state index in [1.165, 1.54) is 17.3 Å². The van der Waals surface area contributed by atoms with E-state index in [2.05, 4.69) is 22.4 Å². The molecule has 0 unspecified atom stereocenters. The summed E-state index contributed by atoms with van der Waals surface area (Å²) in [5.74, 6) is 0.0759. The quantitative estimate of drug-likeness (QED) is 0.497. The maximum Gasteiger partial charge on any atom is 0.214 e. The first-order chi connectivity index (χ1) is 12.1. The van der Waals surface area contributed by atoms with Crippen molar-refractivity contribution >= 4 is 17.5 Å². The smallest absolute Gasteiger partial charge is 0.214 e. The molecule has 0 N–H and O–H groups in total. The first-order valence-corrected chi connectivity index (χ1v) is 9.12. The van der Waals surface area contributed by atoms with Crippen molar-refractivity contribution in [2.24, 2.45) is 0 Å². The maximum atomic E-state index is 12.7. The molecule has 0 bridgehead atoms. The van der Waals surface area contributed by atoms with E-state index in [4.69, 9.17) is 0 Å². The Morgan fingerprint density at radius 2 is 1.88 bits per heavy atom. The zero-order chi connectivity index (χ0) is 17.8. The molecule has 0 amide bonds. The Labute approximate surface area is 151 Å². The van der Waals surface area contributed by atoms with Gasteiger partial charge in [-0.15, -0.1) is 5.10 Å². The van der Waals surface area contributed by atoms with E-state index in [-0.39, 0.29) is 11.0 Å². The average Bonchev–Trinajstić information content (AvgIpc) is 3.09. The molecule has 25 heavy (non-hydrogen) atoms. The Hall–Kier alpha value is -2.47. The lowest BCUT2D eigenvalue weighted by Gasteiger charge is -2.11. The van der Waals surface area contributed by atoms with Crippen LogP contribution < -0.4 is 0 Å². The lowest BCUT2D eigenvalue weighted by Crippen LogP contribution is -2.15. The number of Topliss-reactive ketones (excluding diaryl/α,β-unsaturated/α-hetero) is 1. The number of ketones is 1. The van der Waals surface area contributed by atoms with Crippen LogP contribution in [0.4, 0.5) is 0 Å². The first-order valence-electron chi connectivity index (χ1n) is 8.24. The molecule has 0 saturated carbocycles. The molecule has 1 atom stereocenters. The topological polar surface area (TPSA) is 60.7 Å². The highest BCUT2D eigenvalue weighted by Gasteiger charge is 2.21. The number of benzene rings is 2. The van der Waals surface area contributed by atoms with E-state index in [0.29, 0.717) is 10.7 Å². The van der Waals surface area contributed by atoms with Crippen LogP contribution in [0.15, 0.2) is 53.7 Å². The highest BCUT2D eigenvalue weighted by atomic mass is 32.2. The van der Waals surface area contributed by atoms with Gasteiger partial charge in [-0.1, -0.05) is 61.2 Å². The van der Waals surface area contributed by atoms with E-state index in [9.17, 15) is 4.79 Å². The minimum Gasteiger partial charge on any atom is -0.293 e. The molecule has 0 fully saturated rings. The van der Waals surface area contributed by atoms with Gasteiger partial charge in [0.2, 0.25) is 5.16 Å². The number of para-hydroxylation sites is 1. The minimum absolute atomic E-state index is 0.0759. The fourth-order valence-corrected chi connectivity index (χ4v) is 3.43. The van der Waals surface area contributed by atoms with Gasteiger partial charge in [-0.2, -0.15) is 4.68 Å². The van der Waals surface area contributed by atoms with Gasteiger partial charge >= 0.3 is 0 Å². The van der Waals surface area contributed by atoms with Crippen molar-refractivity contribution in [2.75, 3.05) is 0 Å². The second-order valence-corrected chi connectivity index (χ2v) is 7.14. The van der Waals surface area contributed by atoms with Gasteiger partial charge in [0, 0.05) is 5.56 Å². The highest BCUT2D eigenvalue weighted by Crippen LogP contribution is 2.26. The third kappa shape index (κ3) is 3.79. The molecule has 1 aromatic heterocycles. The van der Waals surface area contributed by atoms with Crippen LogP contribution in [-0.4, -0.2) is 31.2 Å². The Bertz CT molecular complexity index is 873. The van der Waals surface area contributed by atoms with Crippen molar-refractivity contribution in [3.8, 4) is 5.69 Å². The van der Waals surface area contributed by atoms with E-state index in [1.807, 2.05) is 62.4 Å². The summed E-state index contributed by atoms with van der Waals surface area (Å²) in [5, 5.41) is 12.3. The third-order valence-corrected chi connectivity index (χ3v) is 5.12. The number of thioether (sulfide) groups is 1. The lowest BCUT2D eigenvalue weighted by molar-refractivity contribution is 0.0994. The highest BCUT2D eigenvalue weighted by molar-refractivity contribution is 8.00. The molecule has 0 aliphatic rings. The summed E-state index contributed by atoms with van der Waals surface area (Å²) in [4.78, 5) is 12.7.